The van der Waals surface area contributed by atoms with Crippen molar-refractivity contribution in [1.82, 2.24) is 14.9 Å². The lowest BCUT2D eigenvalue weighted by molar-refractivity contribution is -0.121. The second-order valence-corrected chi connectivity index (χ2v) is 4.14. The van der Waals surface area contributed by atoms with Gasteiger partial charge in [0.2, 0.25) is 5.91 Å². The Morgan fingerprint density at radius 1 is 1.47 bits per heavy atom. The molecule has 19 heavy (non-hydrogen) atoms. The van der Waals surface area contributed by atoms with E-state index in [1.165, 1.54) is 7.11 Å². The molecule has 1 aromatic heterocycles. The van der Waals surface area contributed by atoms with Crippen LogP contribution >= 0.6 is 0 Å². The first-order valence-electron chi connectivity index (χ1n) is 6.18. The number of anilines is 1. The van der Waals surface area contributed by atoms with Crippen molar-refractivity contribution in [1.29, 1.82) is 0 Å². The SMILES string of the molecule is CCCNC(=O)CCn1c(C)nc(C(=O)OC)c1N. The van der Waals surface area contributed by atoms with Crippen LogP contribution in [0.1, 0.15) is 36.1 Å². The molecule has 0 bridgehead atoms. The normalized spacial score (nSPS) is 10.3. The summed E-state index contributed by atoms with van der Waals surface area (Å²) in [5.41, 5.74) is 5.93. The van der Waals surface area contributed by atoms with Crippen LogP contribution in [0.3, 0.4) is 0 Å². The smallest absolute Gasteiger partial charge is 0.360 e. The summed E-state index contributed by atoms with van der Waals surface area (Å²) in [7, 11) is 1.27. The molecule has 3 N–H and O–H groups in total. The monoisotopic (exact) mass is 268 g/mol. The minimum absolute atomic E-state index is 0.0473. The Balaban J connectivity index is 2.71. The van der Waals surface area contributed by atoms with Crippen molar-refractivity contribution in [2.75, 3.05) is 19.4 Å². The van der Waals surface area contributed by atoms with Crippen molar-refractivity contribution in [2.45, 2.75) is 33.2 Å². The number of methoxy groups -OCH3 is 1. The van der Waals surface area contributed by atoms with Crippen LogP contribution < -0.4 is 11.1 Å². The molecule has 0 aromatic carbocycles. The van der Waals surface area contributed by atoms with Gasteiger partial charge in [-0.25, -0.2) is 9.78 Å². The van der Waals surface area contributed by atoms with Crippen LogP contribution in [0.4, 0.5) is 5.82 Å². The zero-order valence-corrected chi connectivity index (χ0v) is 11.5. The van der Waals surface area contributed by atoms with Crippen molar-refractivity contribution >= 4 is 17.7 Å². The second kappa shape index (κ2) is 6.77. The third kappa shape index (κ3) is 3.70. The third-order valence-electron chi connectivity index (χ3n) is 2.71. The van der Waals surface area contributed by atoms with Gasteiger partial charge < -0.3 is 20.4 Å². The van der Waals surface area contributed by atoms with Crippen LogP contribution in [0.25, 0.3) is 0 Å². The lowest BCUT2D eigenvalue weighted by atomic mass is 10.3. The highest BCUT2D eigenvalue weighted by atomic mass is 16.5. The Morgan fingerprint density at radius 3 is 2.74 bits per heavy atom. The van der Waals surface area contributed by atoms with Crippen molar-refractivity contribution < 1.29 is 14.3 Å². The molecule has 1 aromatic rings. The molecule has 0 aliphatic carbocycles. The number of hydrogen-bond donors (Lipinski definition) is 2. The molecule has 7 heteroatoms. The summed E-state index contributed by atoms with van der Waals surface area (Å²) in [6, 6.07) is 0. The summed E-state index contributed by atoms with van der Waals surface area (Å²) in [6.45, 7) is 4.76. The molecule has 0 aliphatic rings. The molecule has 1 heterocycles. The topological polar surface area (TPSA) is 99.2 Å². The molecule has 0 saturated heterocycles. The van der Waals surface area contributed by atoms with Crippen LogP contribution in [0.5, 0.6) is 0 Å². The third-order valence-corrected chi connectivity index (χ3v) is 2.71. The lowest BCUT2D eigenvalue weighted by Crippen LogP contribution is -2.25. The van der Waals surface area contributed by atoms with Gasteiger partial charge in [0.15, 0.2) is 5.69 Å². The highest BCUT2D eigenvalue weighted by molar-refractivity contribution is 5.92. The molecule has 106 valence electrons. The first-order chi connectivity index (χ1) is 9.01. The van der Waals surface area contributed by atoms with E-state index in [1.54, 1.807) is 11.5 Å². The zero-order valence-electron chi connectivity index (χ0n) is 11.5. The maximum Gasteiger partial charge on any atom is 0.360 e. The molecular formula is C12H20N4O3. The summed E-state index contributed by atoms with van der Waals surface area (Å²) in [6.07, 6.45) is 1.19. The van der Waals surface area contributed by atoms with Crippen LogP contribution in [-0.2, 0) is 16.1 Å². The maximum absolute atomic E-state index is 11.5. The van der Waals surface area contributed by atoms with Gasteiger partial charge in [0.25, 0.3) is 0 Å². The molecule has 0 saturated carbocycles. The number of nitrogens with two attached hydrogens (primary N) is 1. The number of hydrogen-bond acceptors (Lipinski definition) is 5. The number of nitrogen functional groups attached to an aromatic ring is 1. The van der Waals surface area contributed by atoms with E-state index in [1.807, 2.05) is 6.92 Å². The number of nitrogens with zero attached hydrogens (tertiary/aromatic N) is 2. The number of imidazole rings is 1. The summed E-state index contributed by atoms with van der Waals surface area (Å²) in [5, 5.41) is 2.78. The molecule has 1 rings (SSSR count). The van der Waals surface area contributed by atoms with Crippen LogP contribution in [0, 0.1) is 6.92 Å². The Bertz CT molecular complexity index is 468. The van der Waals surface area contributed by atoms with E-state index in [0.717, 1.165) is 6.42 Å². The highest BCUT2D eigenvalue weighted by Gasteiger charge is 2.19. The van der Waals surface area contributed by atoms with Crippen molar-refractivity contribution in [2.24, 2.45) is 0 Å². The number of aryl methyl sites for hydroxylation is 1. The zero-order chi connectivity index (χ0) is 14.4. The van der Waals surface area contributed by atoms with Crippen LogP contribution in [0.2, 0.25) is 0 Å². The number of esters is 1. The Hall–Kier alpha value is -2.05. The Kier molecular flexibility index (Phi) is 5.35. The summed E-state index contributed by atoms with van der Waals surface area (Å²) >= 11 is 0. The highest BCUT2D eigenvalue weighted by Crippen LogP contribution is 2.15. The largest absolute Gasteiger partial charge is 0.464 e. The molecule has 0 aliphatic heterocycles. The molecule has 7 nitrogen and oxygen atoms in total. The quantitative estimate of drug-likeness (QED) is 0.731. The molecule has 0 atom stereocenters. The van der Waals surface area contributed by atoms with E-state index in [9.17, 15) is 9.59 Å². The summed E-state index contributed by atoms with van der Waals surface area (Å²) in [4.78, 5) is 27.0. The van der Waals surface area contributed by atoms with Gasteiger partial charge in [0.05, 0.1) is 7.11 Å². The molecule has 0 radical (unpaired) electrons. The molecule has 0 spiro atoms. The molecule has 1 amide bonds. The van der Waals surface area contributed by atoms with E-state index in [2.05, 4.69) is 15.0 Å². The van der Waals surface area contributed by atoms with E-state index in [0.29, 0.717) is 25.3 Å². The number of carbonyl (C=O) groups excluding carboxylic acids is 2. The lowest BCUT2D eigenvalue weighted by Gasteiger charge is -2.08. The number of rotatable bonds is 6. The maximum atomic E-state index is 11.5. The first-order valence-corrected chi connectivity index (χ1v) is 6.18. The van der Waals surface area contributed by atoms with E-state index < -0.39 is 5.97 Å². The second-order valence-electron chi connectivity index (χ2n) is 4.14. The van der Waals surface area contributed by atoms with Gasteiger partial charge in [0, 0.05) is 19.5 Å². The van der Waals surface area contributed by atoms with Crippen molar-refractivity contribution in [3.05, 3.63) is 11.5 Å². The number of amides is 1. The standard InChI is InChI=1S/C12H20N4O3/c1-4-6-14-9(17)5-7-16-8(2)15-10(11(16)13)12(18)19-3/h4-7,13H2,1-3H3,(H,14,17). The summed E-state index contributed by atoms with van der Waals surface area (Å²) in [5.74, 6) is 0.192. The Labute approximate surface area is 112 Å². The van der Waals surface area contributed by atoms with E-state index in [4.69, 9.17) is 5.73 Å². The van der Waals surface area contributed by atoms with Crippen LogP contribution in [-0.4, -0.2) is 35.1 Å². The molecular weight excluding hydrogens is 248 g/mol. The molecule has 0 unspecified atom stereocenters. The fourth-order valence-corrected chi connectivity index (χ4v) is 1.68. The average Bonchev–Trinajstić information content (AvgIpc) is 2.68. The summed E-state index contributed by atoms with van der Waals surface area (Å²) < 4.78 is 6.23. The van der Waals surface area contributed by atoms with Gasteiger partial charge in [-0.05, 0) is 13.3 Å². The van der Waals surface area contributed by atoms with Gasteiger partial charge in [0.1, 0.15) is 11.6 Å². The van der Waals surface area contributed by atoms with E-state index in [-0.39, 0.29) is 17.4 Å². The fourth-order valence-electron chi connectivity index (χ4n) is 1.68. The Morgan fingerprint density at radius 2 is 2.16 bits per heavy atom. The van der Waals surface area contributed by atoms with Gasteiger partial charge in [-0.1, -0.05) is 6.92 Å². The predicted octanol–water partition coefficient (Wildman–Crippen LogP) is 0.477. The number of nitrogens with one attached hydrogen (secondary N) is 1. The van der Waals surface area contributed by atoms with Crippen LogP contribution in [0.15, 0.2) is 0 Å². The number of carbonyl (C=O) groups is 2. The number of aromatic nitrogens is 2. The number of ether oxygens (including phenoxy) is 1. The van der Waals surface area contributed by atoms with Crippen molar-refractivity contribution in [3.8, 4) is 0 Å². The predicted molar refractivity (Wildman–Crippen MR) is 70.6 cm³/mol. The fraction of sp³-hybridized carbons (Fsp3) is 0.583. The minimum atomic E-state index is -0.574. The van der Waals surface area contributed by atoms with Gasteiger partial charge in [-0.15, -0.1) is 0 Å². The minimum Gasteiger partial charge on any atom is -0.464 e. The van der Waals surface area contributed by atoms with Gasteiger partial charge in [-0.3, -0.25) is 4.79 Å². The first kappa shape index (κ1) is 15.0. The van der Waals surface area contributed by atoms with Gasteiger partial charge >= 0.3 is 5.97 Å². The molecule has 0 fully saturated rings. The average molecular weight is 268 g/mol. The van der Waals surface area contributed by atoms with E-state index >= 15 is 0 Å². The van der Waals surface area contributed by atoms with Crippen molar-refractivity contribution in [3.63, 3.8) is 0 Å². The van der Waals surface area contributed by atoms with Gasteiger partial charge in [-0.2, -0.15) is 0 Å².